The van der Waals surface area contributed by atoms with Gasteiger partial charge in [0.15, 0.2) is 0 Å². The predicted molar refractivity (Wildman–Crippen MR) is 190 cm³/mol. The Labute approximate surface area is 261 Å². The molecule has 0 spiro atoms. The summed E-state index contributed by atoms with van der Waals surface area (Å²) in [6.45, 7) is 7.88. The minimum Gasteiger partial charge on any atom is -0.355 e. The van der Waals surface area contributed by atoms with Crippen molar-refractivity contribution in [3.8, 4) is 33.4 Å². The van der Waals surface area contributed by atoms with Crippen molar-refractivity contribution >= 4 is 22.7 Å². The maximum Gasteiger partial charge on any atom is 0.0419 e. The maximum absolute atomic E-state index is 3.94. The van der Waals surface area contributed by atoms with Gasteiger partial charge in [0.2, 0.25) is 0 Å². The lowest BCUT2D eigenvalue weighted by Crippen LogP contribution is -1.98. The van der Waals surface area contributed by atoms with E-state index in [-0.39, 0.29) is 0 Å². The van der Waals surface area contributed by atoms with E-state index in [0.29, 0.717) is 0 Å². The Morgan fingerprint density at radius 3 is 1.20 bits per heavy atom. The lowest BCUT2D eigenvalue weighted by Gasteiger charge is -2.19. The molecule has 6 aromatic rings. The van der Waals surface area contributed by atoms with Crippen LogP contribution in [0.3, 0.4) is 0 Å². The van der Waals surface area contributed by atoms with Crippen molar-refractivity contribution in [2.75, 3.05) is 10.6 Å². The van der Waals surface area contributed by atoms with Crippen LogP contribution < -0.4 is 10.6 Å². The second-order valence-electron chi connectivity index (χ2n) is 10.8. The molecule has 0 fully saturated rings. The van der Waals surface area contributed by atoms with Gasteiger partial charge in [0, 0.05) is 22.7 Å². The van der Waals surface area contributed by atoms with Crippen LogP contribution >= 0.6 is 0 Å². The summed E-state index contributed by atoms with van der Waals surface area (Å²) in [6.07, 6.45) is 5.51. The van der Waals surface area contributed by atoms with Crippen LogP contribution in [0.15, 0.2) is 171 Å². The zero-order chi connectivity index (χ0) is 30.1. The summed E-state index contributed by atoms with van der Waals surface area (Å²) in [5.41, 5.74) is 13.8. The van der Waals surface area contributed by atoms with Crippen molar-refractivity contribution in [1.29, 1.82) is 0 Å². The molecule has 0 aliphatic rings. The molecule has 0 radical (unpaired) electrons. The topological polar surface area (TPSA) is 24.1 Å². The van der Waals surface area contributed by atoms with Crippen molar-refractivity contribution < 1.29 is 0 Å². The van der Waals surface area contributed by atoms with Crippen LogP contribution in [0.2, 0.25) is 0 Å². The Balaban J connectivity index is 1.47. The predicted octanol–water partition coefficient (Wildman–Crippen LogP) is 11.6. The van der Waals surface area contributed by atoms with Crippen LogP contribution in [0.25, 0.3) is 33.4 Å². The number of hydrogen-bond acceptors (Lipinski definition) is 2. The average molecular weight is 569 g/mol. The Kier molecular flexibility index (Phi) is 8.80. The monoisotopic (exact) mass is 568 g/mol. The first kappa shape index (κ1) is 28.5. The van der Waals surface area contributed by atoms with Gasteiger partial charge in [-0.3, -0.25) is 0 Å². The fraction of sp³-hybridized carbons (Fsp3) is 0.0476. The van der Waals surface area contributed by atoms with Crippen LogP contribution in [0, 0.1) is 0 Å². The smallest absolute Gasteiger partial charge is 0.0419 e. The van der Waals surface area contributed by atoms with Gasteiger partial charge in [0.1, 0.15) is 0 Å². The van der Waals surface area contributed by atoms with Crippen LogP contribution in [-0.4, -0.2) is 0 Å². The number of rotatable bonds is 11. The van der Waals surface area contributed by atoms with Gasteiger partial charge in [-0.25, -0.2) is 0 Å². The third-order valence-electron chi connectivity index (χ3n) is 7.82. The fourth-order valence-electron chi connectivity index (χ4n) is 5.69. The molecule has 2 nitrogen and oxygen atoms in total. The molecule has 0 aliphatic carbocycles. The first-order chi connectivity index (χ1) is 21.7. The first-order valence-electron chi connectivity index (χ1n) is 15.0. The van der Waals surface area contributed by atoms with E-state index in [1.54, 1.807) is 0 Å². The van der Waals surface area contributed by atoms with Gasteiger partial charge in [-0.2, -0.15) is 0 Å². The van der Waals surface area contributed by atoms with Crippen LogP contribution in [-0.2, 0) is 12.8 Å². The quantitative estimate of drug-likeness (QED) is 0.152. The first-order valence-corrected chi connectivity index (χ1v) is 15.0. The normalized spacial score (nSPS) is 10.6. The van der Waals surface area contributed by atoms with Gasteiger partial charge in [-0.15, -0.1) is 13.2 Å². The minimum absolute atomic E-state index is 0.811. The SMILES string of the molecule is C=CCc1ccccc1Nc1ccc(-c2ccc(Nc3ccccc3CC=C)cc2-c2ccccc2)c(-c2ccccc2)c1. The largest absolute Gasteiger partial charge is 0.355 e. The molecule has 0 bridgehead atoms. The number of allylic oxidation sites excluding steroid dienone is 2. The molecular weight excluding hydrogens is 532 g/mol. The van der Waals surface area contributed by atoms with Crippen molar-refractivity contribution in [3.63, 3.8) is 0 Å². The highest BCUT2D eigenvalue weighted by Gasteiger charge is 2.15. The highest BCUT2D eigenvalue weighted by molar-refractivity contribution is 5.94. The maximum atomic E-state index is 3.94. The van der Waals surface area contributed by atoms with E-state index in [2.05, 4.69) is 169 Å². The third kappa shape index (κ3) is 6.40. The highest BCUT2D eigenvalue weighted by Crippen LogP contribution is 2.41. The third-order valence-corrected chi connectivity index (χ3v) is 7.82. The van der Waals surface area contributed by atoms with Crippen molar-refractivity contribution in [2.24, 2.45) is 0 Å². The van der Waals surface area contributed by atoms with Gasteiger partial charge in [0.25, 0.3) is 0 Å². The van der Waals surface area contributed by atoms with E-state index in [1.807, 2.05) is 12.2 Å². The van der Waals surface area contributed by atoms with Crippen molar-refractivity contribution in [2.45, 2.75) is 12.8 Å². The molecule has 214 valence electrons. The molecule has 0 heterocycles. The zero-order valence-corrected chi connectivity index (χ0v) is 24.8. The second kappa shape index (κ2) is 13.6. The average Bonchev–Trinajstić information content (AvgIpc) is 3.08. The molecule has 0 saturated carbocycles. The van der Waals surface area contributed by atoms with Gasteiger partial charge in [-0.05, 0) is 93.7 Å². The van der Waals surface area contributed by atoms with E-state index in [1.165, 1.54) is 44.5 Å². The highest BCUT2D eigenvalue weighted by atomic mass is 14.9. The van der Waals surface area contributed by atoms with Crippen LogP contribution in [0.4, 0.5) is 22.7 Å². The number of benzene rings is 6. The molecule has 0 amide bonds. The summed E-state index contributed by atoms with van der Waals surface area (Å²) in [4.78, 5) is 0. The van der Waals surface area contributed by atoms with E-state index >= 15 is 0 Å². The second-order valence-corrected chi connectivity index (χ2v) is 10.8. The zero-order valence-electron chi connectivity index (χ0n) is 24.8. The van der Waals surface area contributed by atoms with Gasteiger partial charge in [0.05, 0.1) is 0 Å². The number of para-hydroxylation sites is 2. The summed E-state index contributed by atoms with van der Waals surface area (Å²) >= 11 is 0. The molecule has 0 saturated heterocycles. The summed E-state index contributed by atoms with van der Waals surface area (Å²) in [5, 5.41) is 7.36. The summed E-state index contributed by atoms with van der Waals surface area (Å²) in [5.74, 6) is 0. The van der Waals surface area contributed by atoms with E-state index < -0.39 is 0 Å². The molecule has 2 N–H and O–H groups in total. The Hall–Kier alpha value is -5.60. The molecule has 44 heavy (non-hydrogen) atoms. The summed E-state index contributed by atoms with van der Waals surface area (Å²) < 4.78 is 0. The summed E-state index contributed by atoms with van der Waals surface area (Å²) in [7, 11) is 0. The van der Waals surface area contributed by atoms with Crippen LogP contribution in [0.1, 0.15) is 11.1 Å². The molecule has 0 aliphatic heterocycles. The molecule has 0 atom stereocenters. The van der Waals surface area contributed by atoms with Gasteiger partial charge < -0.3 is 10.6 Å². The van der Waals surface area contributed by atoms with E-state index in [4.69, 9.17) is 0 Å². The molecule has 6 aromatic carbocycles. The molecule has 0 aromatic heterocycles. The fourth-order valence-corrected chi connectivity index (χ4v) is 5.69. The number of hydrogen-bond donors (Lipinski definition) is 2. The molecule has 6 rings (SSSR count). The Morgan fingerprint density at radius 1 is 0.409 bits per heavy atom. The Morgan fingerprint density at radius 2 is 0.795 bits per heavy atom. The van der Waals surface area contributed by atoms with Gasteiger partial charge in [-0.1, -0.05) is 121 Å². The van der Waals surface area contributed by atoms with E-state index in [0.717, 1.165) is 35.6 Å². The lowest BCUT2D eigenvalue weighted by atomic mass is 9.88. The lowest BCUT2D eigenvalue weighted by molar-refractivity contribution is 1.27. The van der Waals surface area contributed by atoms with Crippen LogP contribution in [0.5, 0.6) is 0 Å². The molecule has 2 heteroatoms. The Bertz CT molecular complexity index is 1750. The summed E-state index contributed by atoms with van der Waals surface area (Å²) in [6, 6.07) is 51.5. The van der Waals surface area contributed by atoms with Crippen molar-refractivity contribution in [1.82, 2.24) is 0 Å². The standard InChI is InChI=1S/C42H36N2/c1-3-15-33-21-11-13-23-41(33)43-35-25-27-37(39(29-35)31-17-7-5-8-18-31)38-28-26-36(30-40(38)32-19-9-6-10-20-32)44-42-24-14-12-22-34(42)16-4-2/h3-14,17-30,43-44H,1-2,15-16H2. The molecular formula is C42H36N2. The van der Waals surface area contributed by atoms with Crippen molar-refractivity contribution in [3.05, 3.63) is 182 Å². The van der Waals surface area contributed by atoms with E-state index in [9.17, 15) is 0 Å². The molecule has 0 unspecified atom stereocenters. The minimum atomic E-state index is 0.811. The number of nitrogens with one attached hydrogen (secondary N) is 2. The number of anilines is 4. The van der Waals surface area contributed by atoms with Gasteiger partial charge >= 0.3 is 0 Å².